The fourth-order valence-corrected chi connectivity index (χ4v) is 2.52. The van der Waals surface area contributed by atoms with Crippen molar-refractivity contribution in [3.8, 4) is 0 Å². The summed E-state index contributed by atoms with van der Waals surface area (Å²) in [7, 11) is -4.47. The van der Waals surface area contributed by atoms with Gasteiger partial charge in [-0.3, -0.25) is 4.72 Å². The van der Waals surface area contributed by atoms with Gasteiger partial charge in [0.05, 0.1) is 0 Å². The molecule has 0 radical (unpaired) electrons. The van der Waals surface area contributed by atoms with Gasteiger partial charge < -0.3 is 5.11 Å². The fourth-order valence-electron chi connectivity index (χ4n) is 1.44. The Labute approximate surface area is 117 Å². The summed E-state index contributed by atoms with van der Waals surface area (Å²) >= 11 is 0. The van der Waals surface area contributed by atoms with E-state index in [9.17, 15) is 22.0 Å². The highest BCUT2D eigenvalue weighted by Crippen LogP contribution is 2.19. The van der Waals surface area contributed by atoms with Crippen LogP contribution in [-0.4, -0.2) is 29.5 Å². The first-order valence-corrected chi connectivity index (χ1v) is 6.82. The van der Waals surface area contributed by atoms with E-state index in [0.717, 1.165) is 18.5 Å². The Morgan fingerprint density at radius 1 is 1.19 bits per heavy atom. The van der Waals surface area contributed by atoms with Gasteiger partial charge in [0.15, 0.2) is 11.5 Å². The Balaban J connectivity index is 2.45. The predicted octanol–water partition coefficient (Wildman–Crippen LogP) is 1.25. The molecule has 1 heterocycles. The van der Waals surface area contributed by atoms with Crippen LogP contribution in [0.4, 0.5) is 14.6 Å². The van der Waals surface area contributed by atoms with Gasteiger partial charge in [0, 0.05) is 18.5 Å². The molecule has 0 aliphatic carbocycles. The second-order valence-electron chi connectivity index (χ2n) is 3.74. The number of benzene rings is 1. The molecule has 0 aliphatic heterocycles. The summed E-state index contributed by atoms with van der Waals surface area (Å²) in [5.74, 6) is -4.35. The molecule has 0 amide bonds. The van der Waals surface area contributed by atoms with Crippen LogP contribution in [0.2, 0.25) is 0 Å². The lowest BCUT2D eigenvalue weighted by Gasteiger charge is -2.09. The van der Waals surface area contributed by atoms with Crippen LogP contribution in [0.5, 0.6) is 0 Å². The fraction of sp³-hybridized carbons (Fsp3) is 0. The van der Waals surface area contributed by atoms with E-state index in [-0.39, 0.29) is 0 Å². The second kappa shape index (κ2) is 5.40. The van der Waals surface area contributed by atoms with Gasteiger partial charge in [-0.25, -0.2) is 32.0 Å². The Hall–Kier alpha value is -2.62. The summed E-state index contributed by atoms with van der Waals surface area (Å²) < 4.78 is 52.0. The Morgan fingerprint density at radius 3 is 2.48 bits per heavy atom. The molecule has 0 unspecified atom stereocenters. The minimum absolute atomic E-state index is 0.392. The van der Waals surface area contributed by atoms with Crippen molar-refractivity contribution >= 4 is 21.8 Å². The summed E-state index contributed by atoms with van der Waals surface area (Å²) in [4.78, 5) is 17.0. The van der Waals surface area contributed by atoms with Crippen molar-refractivity contribution < 1.29 is 27.1 Å². The maximum atomic E-state index is 13.5. The van der Waals surface area contributed by atoms with Crippen molar-refractivity contribution in [2.45, 2.75) is 4.90 Å². The van der Waals surface area contributed by atoms with Crippen molar-refractivity contribution in [1.82, 2.24) is 9.97 Å². The molecule has 7 nitrogen and oxygen atoms in total. The Bertz CT molecular complexity index is 811. The zero-order valence-corrected chi connectivity index (χ0v) is 10.9. The van der Waals surface area contributed by atoms with Gasteiger partial charge in [-0.2, -0.15) is 0 Å². The van der Waals surface area contributed by atoms with Crippen LogP contribution >= 0.6 is 0 Å². The highest BCUT2D eigenvalue weighted by molar-refractivity contribution is 7.92. The lowest BCUT2D eigenvalue weighted by atomic mass is 10.3. The molecule has 0 saturated heterocycles. The predicted molar refractivity (Wildman–Crippen MR) is 66.2 cm³/mol. The number of carboxylic acids is 1. The average molecular weight is 315 g/mol. The molecule has 0 saturated carbocycles. The Kier molecular flexibility index (Phi) is 3.80. The molecular formula is C11H7F2N3O4S. The van der Waals surface area contributed by atoms with E-state index in [4.69, 9.17) is 5.11 Å². The maximum absolute atomic E-state index is 13.5. The lowest BCUT2D eigenvalue weighted by molar-refractivity contribution is 0.0691. The summed E-state index contributed by atoms with van der Waals surface area (Å²) in [6.45, 7) is 0. The number of aromatic nitrogens is 2. The first-order chi connectivity index (χ1) is 9.81. The third kappa shape index (κ3) is 3.11. The van der Waals surface area contributed by atoms with E-state index in [2.05, 4.69) is 9.97 Å². The molecule has 0 spiro atoms. The largest absolute Gasteiger partial charge is 0.476 e. The van der Waals surface area contributed by atoms with Crippen LogP contribution in [-0.2, 0) is 10.0 Å². The van der Waals surface area contributed by atoms with Crippen molar-refractivity contribution in [3.63, 3.8) is 0 Å². The van der Waals surface area contributed by atoms with Crippen molar-refractivity contribution in [2.75, 3.05) is 4.72 Å². The average Bonchev–Trinajstić information content (AvgIpc) is 2.37. The van der Waals surface area contributed by atoms with E-state index in [0.29, 0.717) is 12.1 Å². The number of nitrogens with zero attached hydrogens (tertiary/aromatic N) is 2. The summed E-state index contributed by atoms with van der Waals surface area (Å²) in [6.07, 6.45) is 2.12. The number of rotatable bonds is 4. The normalized spacial score (nSPS) is 11.1. The number of hydrogen-bond donors (Lipinski definition) is 2. The number of carboxylic acid groups (broad SMARTS) is 1. The third-order valence-corrected chi connectivity index (χ3v) is 3.69. The molecule has 1 aromatic carbocycles. The molecule has 10 heteroatoms. The van der Waals surface area contributed by atoms with Crippen LogP contribution in [0.3, 0.4) is 0 Å². The van der Waals surface area contributed by atoms with Gasteiger partial charge >= 0.3 is 5.97 Å². The molecule has 2 rings (SSSR count). The molecule has 1 aromatic heterocycles. The number of sulfonamides is 1. The zero-order valence-electron chi connectivity index (χ0n) is 10.1. The molecule has 21 heavy (non-hydrogen) atoms. The highest BCUT2D eigenvalue weighted by atomic mass is 32.2. The molecule has 2 aromatic rings. The van der Waals surface area contributed by atoms with Gasteiger partial charge in [-0.05, 0) is 12.1 Å². The highest BCUT2D eigenvalue weighted by Gasteiger charge is 2.23. The number of carbonyl (C=O) groups is 1. The third-order valence-electron chi connectivity index (χ3n) is 2.32. The molecule has 0 bridgehead atoms. The van der Waals surface area contributed by atoms with E-state index >= 15 is 0 Å². The van der Waals surface area contributed by atoms with Crippen LogP contribution in [0, 0.1) is 11.6 Å². The van der Waals surface area contributed by atoms with Crippen molar-refractivity contribution in [1.29, 1.82) is 0 Å². The van der Waals surface area contributed by atoms with Gasteiger partial charge in [0.2, 0.25) is 0 Å². The summed E-state index contributed by atoms with van der Waals surface area (Å²) in [6, 6.07) is 1.86. The maximum Gasteiger partial charge on any atom is 0.358 e. The second-order valence-corrected chi connectivity index (χ2v) is 5.39. The number of halogens is 2. The monoisotopic (exact) mass is 315 g/mol. The molecule has 0 atom stereocenters. The standard InChI is InChI=1S/C11H7F2N3O4S/c12-6-1-2-8(7(13)5-6)21(19,20)16-10-9(11(17)18)14-3-4-15-10/h1-5H,(H,15,16)(H,17,18). The minimum Gasteiger partial charge on any atom is -0.476 e. The first kappa shape index (κ1) is 14.8. The molecular weight excluding hydrogens is 308 g/mol. The summed E-state index contributed by atoms with van der Waals surface area (Å²) in [5.41, 5.74) is -0.649. The van der Waals surface area contributed by atoms with E-state index in [1.54, 1.807) is 4.72 Å². The van der Waals surface area contributed by atoms with Gasteiger partial charge in [-0.15, -0.1) is 0 Å². The first-order valence-electron chi connectivity index (χ1n) is 5.33. The Morgan fingerprint density at radius 2 is 1.86 bits per heavy atom. The zero-order chi connectivity index (χ0) is 15.6. The van der Waals surface area contributed by atoms with Crippen molar-refractivity contribution in [3.05, 3.63) is 47.9 Å². The van der Waals surface area contributed by atoms with Crippen molar-refractivity contribution in [2.24, 2.45) is 0 Å². The van der Waals surface area contributed by atoms with E-state index < -0.39 is 44.0 Å². The quantitative estimate of drug-likeness (QED) is 0.879. The molecule has 110 valence electrons. The number of nitrogens with one attached hydrogen (secondary N) is 1. The van der Waals surface area contributed by atoms with Gasteiger partial charge in [-0.1, -0.05) is 0 Å². The number of anilines is 1. The molecule has 0 aliphatic rings. The van der Waals surface area contributed by atoms with Gasteiger partial charge in [0.1, 0.15) is 16.5 Å². The minimum atomic E-state index is -4.47. The smallest absolute Gasteiger partial charge is 0.358 e. The van der Waals surface area contributed by atoms with Crippen LogP contribution in [0.25, 0.3) is 0 Å². The van der Waals surface area contributed by atoms with E-state index in [1.807, 2.05) is 0 Å². The van der Waals surface area contributed by atoms with Crippen LogP contribution in [0.15, 0.2) is 35.5 Å². The number of hydrogen-bond acceptors (Lipinski definition) is 5. The lowest BCUT2D eigenvalue weighted by Crippen LogP contribution is -2.18. The summed E-state index contributed by atoms with van der Waals surface area (Å²) in [5, 5.41) is 8.86. The number of aromatic carboxylic acids is 1. The topological polar surface area (TPSA) is 109 Å². The van der Waals surface area contributed by atoms with E-state index in [1.165, 1.54) is 0 Å². The molecule has 2 N–H and O–H groups in total. The molecule has 0 fully saturated rings. The SMILES string of the molecule is O=C(O)c1nccnc1NS(=O)(=O)c1ccc(F)cc1F. The van der Waals surface area contributed by atoms with Gasteiger partial charge in [0.25, 0.3) is 10.0 Å². The van der Waals surface area contributed by atoms with Crippen LogP contribution < -0.4 is 4.72 Å². The van der Waals surface area contributed by atoms with Crippen LogP contribution in [0.1, 0.15) is 10.5 Å².